The van der Waals surface area contributed by atoms with E-state index in [2.05, 4.69) is 9.97 Å². The van der Waals surface area contributed by atoms with Crippen LogP contribution in [-0.2, 0) is 10.8 Å². The molecular formula is C13H10N2OS. The van der Waals surface area contributed by atoms with Crippen LogP contribution in [0.15, 0.2) is 47.5 Å². The Morgan fingerprint density at radius 3 is 2.65 bits per heavy atom. The van der Waals surface area contributed by atoms with E-state index in [4.69, 9.17) is 0 Å². The van der Waals surface area contributed by atoms with E-state index >= 15 is 0 Å². The van der Waals surface area contributed by atoms with Gasteiger partial charge in [0.1, 0.15) is 5.52 Å². The predicted octanol–water partition coefficient (Wildman–Crippen LogP) is 2.52. The monoisotopic (exact) mass is 242 g/mol. The molecule has 0 bridgehead atoms. The SMILES string of the molecule is CS(=O)c1c2ccccc2nc2cccnc12. The number of hydrogen-bond acceptors (Lipinski definition) is 3. The van der Waals surface area contributed by atoms with Crippen molar-refractivity contribution in [3.8, 4) is 0 Å². The van der Waals surface area contributed by atoms with E-state index < -0.39 is 10.8 Å². The normalized spacial score (nSPS) is 13.0. The van der Waals surface area contributed by atoms with Crippen molar-refractivity contribution in [2.45, 2.75) is 4.90 Å². The molecule has 3 aromatic rings. The predicted molar refractivity (Wildman–Crippen MR) is 69.4 cm³/mol. The first-order valence-corrected chi connectivity index (χ1v) is 6.80. The molecule has 0 amide bonds. The Labute approximate surface area is 101 Å². The van der Waals surface area contributed by atoms with E-state index in [1.807, 2.05) is 36.4 Å². The lowest BCUT2D eigenvalue weighted by atomic mass is 10.2. The molecule has 4 heteroatoms. The number of rotatable bonds is 1. The molecule has 1 atom stereocenters. The van der Waals surface area contributed by atoms with Crippen LogP contribution in [-0.4, -0.2) is 20.4 Å². The minimum absolute atomic E-state index is 0.729. The second-order valence-electron chi connectivity index (χ2n) is 3.78. The van der Waals surface area contributed by atoms with E-state index in [9.17, 15) is 4.21 Å². The highest BCUT2D eigenvalue weighted by Crippen LogP contribution is 2.26. The van der Waals surface area contributed by atoms with Gasteiger partial charge in [0.2, 0.25) is 0 Å². The van der Waals surface area contributed by atoms with Gasteiger partial charge in [0, 0.05) is 17.8 Å². The summed E-state index contributed by atoms with van der Waals surface area (Å²) in [6.45, 7) is 0. The maximum Gasteiger partial charge on any atom is 0.105 e. The molecule has 2 heterocycles. The zero-order valence-electron chi connectivity index (χ0n) is 9.25. The number of hydrogen-bond donors (Lipinski definition) is 0. The molecule has 0 radical (unpaired) electrons. The molecule has 17 heavy (non-hydrogen) atoms. The third-order valence-corrected chi connectivity index (χ3v) is 3.67. The quantitative estimate of drug-likeness (QED) is 0.616. The van der Waals surface area contributed by atoms with Crippen molar-refractivity contribution < 1.29 is 4.21 Å². The van der Waals surface area contributed by atoms with Crippen LogP contribution in [0, 0.1) is 0 Å². The van der Waals surface area contributed by atoms with E-state index in [0.29, 0.717) is 0 Å². The fraction of sp³-hybridized carbons (Fsp3) is 0.0769. The molecule has 1 aromatic carbocycles. The summed E-state index contributed by atoms with van der Waals surface area (Å²) in [6, 6.07) is 11.5. The van der Waals surface area contributed by atoms with Crippen LogP contribution in [0.1, 0.15) is 0 Å². The zero-order chi connectivity index (χ0) is 11.8. The molecule has 0 aliphatic heterocycles. The van der Waals surface area contributed by atoms with Crippen LogP contribution in [0.5, 0.6) is 0 Å². The average molecular weight is 242 g/mol. The standard InChI is InChI=1S/C13H10N2OS/c1-17(16)13-9-5-2-3-6-10(9)15-11-7-4-8-14-12(11)13/h2-8H,1H3. The van der Waals surface area contributed by atoms with Gasteiger partial charge in [0.15, 0.2) is 0 Å². The van der Waals surface area contributed by atoms with Gasteiger partial charge in [0.25, 0.3) is 0 Å². The maximum absolute atomic E-state index is 11.9. The molecule has 0 fully saturated rings. The summed E-state index contributed by atoms with van der Waals surface area (Å²) in [4.78, 5) is 9.59. The van der Waals surface area contributed by atoms with Gasteiger partial charge in [-0.1, -0.05) is 18.2 Å². The second-order valence-corrected chi connectivity index (χ2v) is 5.10. The molecular weight excluding hydrogens is 232 g/mol. The summed E-state index contributed by atoms with van der Waals surface area (Å²) in [7, 11) is -1.08. The van der Waals surface area contributed by atoms with E-state index in [1.54, 1.807) is 12.5 Å². The van der Waals surface area contributed by atoms with Crippen molar-refractivity contribution in [3.63, 3.8) is 0 Å². The van der Waals surface area contributed by atoms with Crippen molar-refractivity contribution in [1.82, 2.24) is 9.97 Å². The Hall–Kier alpha value is -1.81. The fourth-order valence-corrected chi connectivity index (χ4v) is 2.89. The number of fused-ring (bicyclic) bond motifs is 2. The van der Waals surface area contributed by atoms with Crippen LogP contribution < -0.4 is 0 Å². The highest BCUT2D eigenvalue weighted by atomic mass is 32.2. The minimum atomic E-state index is -1.08. The molecule has 3 rings (SSSR count). The molecule has 2 aromatic heterocycles. The Kier molecular flexibility index (Phi) is 2.37. The smallest absolute Gasteiger partial charge is 0.105 e. The van der Waals surface area contributed by atoms with Gasteiger partial charge < -0.3 is 0 Å². The molecule has 0 N–H and O–H groups in total. The summed E-state index contributed by atoms with van der Waals surface area (Å²) in [5.74, 6) is 0. The van der Waals surface area contributed by atoms with E-state index in [1.165, 1.54) is 0 Å². The third kappa shape index (κ3) is 1.61. The number of aromatic nitrogens is 2. The van der Waals surface area contributed by atoms with Crippen molar-refractivity contribution >= 4 is 32.7 Å². The minimum Gasteiger partial charge on any atom is -0.255 e. The Morgan fingerprint density at radius 1 is 1.06 bits per heavy atom. The molecule has 3 nitrogen and oxygen atoms in total. The highest BCUT2D eigenvalue weighted by Gasteiger charge is 2.12. The van der Waals surface area contributed by atoms with Gasteiger partial charge in [-0.15, -0.1) is 0 Å². The lowest BCUT2D eigenvalue weighted by molar-refractivity contribution is 0.687. The van der Waals surface area contributed by atoms with Crippen LogP contribution in [0.25, 0.3) is 21.9 Å². The topological polar surface area (TPSA) is 42.9 Å². The summed E-state index contributed by atoms with van der Waals surface area (Å²) in [5.41, 5.74) is 2.38. The lowest BCUT2D eigenvalue weighted by Crippen LogP contribution is -1.96. The fourth-order valence-electron chi connectivity index (χ4n) is 1.97. The Morgan fingerprint density at radius 2 is 1.82 bits per heavy atom. The number of pyridine rings is 2. The highest BCUT2D eigenvalue weighted by molar-refractivity contribution is 7.84. The molecule has 0 saturated heterocycles. The van der Waals surface area contributed by atoms with Gasteiger partial charge in [-0.05, 0) is 18.2 Å². The molecule has 0 saturated carbocycles. The van der Waals surface area contributed by atoms with Crippen LogP contribution >= 0.6 is 0 Å². The van der Waals surface area contributed by atoms with Gasteiger partial charge in [-0.2, -0.15) is 0 Å². The molecule has 0 spiro atoms. The first-order chi connectivity index (χ1) is 8.27. The van der Waals surface area contributed by atoms with Crippen molar-refractivity contribution in [2.75, 3.05) is 6.26 Å². The molecule has 84 valence electrons. The van der Waals surface area contributed by atoms with Gasteiger partial charge in [-0.25, -0.2) is 4.98 Å². The van der Waals surface area contributed by atoms with E-state index in [-0.39, 0.29) is 0 Å². The summed E-state index contributed by atoms with van der Waals surface area (Å²) in [6.07, 6.45) is 3.38. The van der Waals surface area contributed by atoms with Crippen molar-refractivity contribution in [3.05, 3.63) is 42.6 Å². The van der Waals surface area contributed by atoms with Gasteiger partial charge in [0.05, 0.1) is 26.7 Å². The first kappa shape index (κ1) is 10.4. The summed E-state index contributed by atoms with van der Waals surface area (Å²) >= 11 is 0. The van der Waals surface area contributed by atoms with Crippen LogP contribution in [0.2, 0.25) is 0 Å². The third-order valence-electron chi connectivity index (χ3n) is 2.68. The first-order valence-electron chi connectivity index (χ1n) is 5.24. The summed E-state index contributed by atoms with van der Waals surface area (Å²) < 4.78 is 11.9. The zero-order valence-corrected chi connectivity index (χ0v) is 10.1. The molecule has 0 aliphatic rings. The largest absolute Gasteiger partial charge is 0.255 e. The number of para-hydroxylation sites is 1. The second kappa shape index (κ2) is 3.89. The van der Waals surface area contributed by atoms with Crippen molar-refractivity contribution in [1.29, 1.82) is 0 Å². The Bertz CT molecular complexity index is 686. The van der Waals surface area contributed by atoms with Gasteiger partial charge >= 0.3 is 0 Å². The maximum atomic E-state index is 11.9. The molecule has 1 unspecified atom stereocenters. The van der Waals surface area contributed by atoms with Gasteiger partial charge in [-0.3, -0.25) is 9.19 Å². The van der Waals surface area contributed by atoms with Crippen LogP contribution in [0.4, 0.5) is 0 Å². The number of nitrogens with zero attached hydrogens (tertiary/aromatic N) is 2. The number of benzene rings is 1. The average Bonchev–Trinajstić information content (AvgIpc) is 2.35. The summed E-state index contributed by atoms with van der Waals surface area (Å²) in [5, 5.41) is 0.916. The molecule has 0 aliphatic carbocycles. The Balaban J connectivity index is 2.61. The van der Waals surface area contributed by atoms with Crippen molar-refractivity contribution in [2.24, 2.45) is 0 Å². The lowest BCUT2D eigenvalue weighted by Gasteiger charge is -2.06. The van der Waals surface area contributed by atoms with Crippen LogP contribution in [0.3, 0.4) is 0 Å². The van der Waals surface area contributed by atoms with E-state index in [0.717, 1.165) is 26.8 Å².